The third-order valence-corrected chi connectivity index (χ3v) is 5.71. The summed E-state index contributed by atoms with van der Waals surface area (Å²) in [7, 11) is -3.34. The Kier molecular flexibility index (Phi) is 6.57. The predicted octanol–water partition coefficient (Wildman–Crippen LogP) is 2.74. The van der Waals surface area contributed by atoms with Gasteiger partial charge in [-0.25, -0.2) is 4.72 Å². The van der Waals surface area contributed by atoms with Crippen LogP contribution in [-0.4, -0.2) is 37.7 Å². The minimum Gasteiger partial charge on any atom is -0.202 e. The molecule has 1 aliphatic rings. The van der Waals surface area contributed by atoms with E-state index in [2.05, 4.69) is 18.6 Å². The second-order valence-electron chi connectivity index (χ2n) is 6.24. The molecular formula is C13H27ClN2O2S. The van der Waals surface area contributed by atoms with E-state index in [-0.39, 0.29) is 11.5 Å². The van der Waals surface area contributed by atoms with Crippen molar-refractivity contribution in [2.24, 2.45) is 5.41 Å². The monoisotopic (exact) mass is 310 g/mol. The number of nitrogens with one attached hydrogen (secondary N) is 1. The Morgan fingerprint density at radius 2 is 2.05 bits per heavy atom. The Labute approximate surface area is 123 Å². The highest BCUT2D eigenvalue weighted by Gasteiger charge is 2.30. The first-order chi connectivity index (χ1) is 8.78. The molecule has 1 aliphatic heterocycles. The molecule has 0 spiro atoms. The molecule has 0 amide bonds. The second kappa shape index (κ2) is 7.25. The Hall–Kier alpha value is 0.160. The molecule has 1 atom stereocenters. The van der Waals surface area contributed by atoms with Gasteiger partial charge in [0.2, 0.25) is 0 Å². The molecule has 0 aromatic carbocycles. The number of rotatable bonds is 7. The van der Waals surface area contributed by atoms with E-state index in [0.29, 0.717) is 19.0 Å². The van der Waals surface area contributed by atoms with Gasteiger partial charge in [-0.3, -0.25) is 0 Å². The Morgan fingerprint density at radius 3 is 2.63 bits per heavy atom. The van der Waals surface area contributed by atoms with Gasteiger partial charge in [0.1, 0.15) is 0 Å². The zero-order chi connectivity index (χ0) is 14.5. The summed E-state index contributed by atoms with van der Waals surface area (Å²) >= 11 is 5.69. The van der Waals surface area contributed by atoms with Crippen LogP contribution in [0.1, 0.15) is 52.9 Å². The highest BCUT2D eigenvalue weighted by atomic mass is 35.5. The maximum atomic E-state index is 12.3. The van der Waals surface area contributed by atoms with Gasteiger partial charge in [0.05, 0.1) is 0 Å². The van der Waals surface area contributed by atoms with E-state index < -0.39 is 10.2 Å². The Morgan fingerprint density at radius 1 is 1.37 bits per heavy atom. The Bertz CT molecular complexity index is 371. The molecule has 0 saturated carbocycles. The van der Waals surface area contributed by atoms with Crippen LogP contribution in [0.2, 0.25) is 0 Å². The van der Waals surface area contributed by atoms with Gasteiger partial charge >= 0.3 is 0 Å². The molecule has 1 saturated heterocycles. The first-order valence-corrected chi connectivity index (χ1v) is 9.08. The van der Waals surface area contributed by atoms with Crippen molar-refractivity contribution >= 4 is 21.8 Å². The smallest absolute Gasteiger partial charge is 0.202 e. The minimum absolute atomic E-state index is 0.0546. The lowest BCUT2D eigenvalue weighted by Crippen LogP contribution is -2.49. The molecule has 1 N–H and O–H groups in total. The summed E-state index contributed by atoms with van der Waals surface area (Å²) in [6.07, 6.45) is 4.87. The van der Waals surface area contributed by atoms with Crippen LogP contribution in [0.3, 0.4) is 0 Å². The van der Waals surface area contributed by atoms with E-state index in [1.54, 1.807) is 4.31 Å². The summed E-state index contributed by atoms with van der Waals surface area (Å²) in [5, 5.41) is 0. The molecule has 1 rings (SSSR count). The quantitative estimate of drug-likeness (QED) is 0.735. The van der Waals surface area contributed by atoms with Crippen molar-refractivity contribution in [3.05, 3.63) is 0 Å². The van der Waals surface area contributed by atoms with Crippen molar-refractivity contribution < 1.29 is 8.42 Å². The third-order valence-electron chi connectivity index (χ3n) is 3.77. The molecule has 1 unspecified atom stereocenters. The molecule has 1 heterocycles. The van der Waals surface area contributed by atoms with Crippen LogP contribution < -0.4 is 4.72 Å². The molecule has 0 aromatic heterocycles. The van der Waals surface area contributed by atoms with Crippen LogP contribution >= 0.6 is 11.6 Å². The summed E-state index contributed by atoms with van der Waals surface area (Å²) in [6.45, 7) is 7.23. The zero-order valence-corrected chi connectivity index (χ0v) is 13.9. The molecule has 4 nitrogen and oxygen atoms in total. The summed E-state index contributed by atoms with van der Waals surface area (Å²) in [4.78, 5) is 0. The van der Waals surface area contributed by atoms with Crippen LogP contribution in [-0.2, 0) is 10.2 Å². The molecule has 1 fully saturated rings. The predicted molar refractivity (Wildman–Crippen MR) is 80.7 cm³/mol. The van der Waals surface area contributed by atoms with Crippen LogP contribution in [0.4, 0.5) is 0 Å². The molecule has 0 aliphatic carbocycles. The third kappa shape index (κ3) is 5.58. The maximum Gasteiger partial charge on any atom is 0.279 e. The van der Waals surface area contributed by atoms with Crippen molar-refractivity contribution in [2.75, 3.05) is 19.0 Å². The van der Waals surface area contributed by atoms with Gasteiger partial charge in [0, 0.05) is 25.0 Å². The van der Waals surface area contributed by atoms with E-state index in [0.717, 1.165) is 32.1 Å². The first kappa shape index (κ1) is 17.2. The van der Waals surface area contributed by atoms with Crippen LogP contribution in [0.25, 0.3) is 0 Å². The lowest BCUT2D eigenvalue weighted by molar-refractivity contribution is 0.259. The highest BCUT2D eigenvalue weighted by Crippen LogP contribution is 2.23. The summed E-state index contributed by atoms with van der Waals surface area (Å²) in [5.74, 6) is 0.624. The van der Waals surface area contributed by atoms with Crippen molar-refractivity contribution in [1.82, 2.24) is 9.03 Å². The number of halogens is 1. The van der Waals surface area contributed by atoms with Crippen LogP contribution in [0.5, 0.6) is 0 Å². The van der Waals surface area contributed by atoms with Crippen LogP contribution in [0, 0.1) is 5.41 Å². The van der Waals surface area contributed by atoms with Gasteiger partial charge in [-0.2, -0.15) is 12.7 Å². The van der Waals surface area contributed by atoms with Crippen molar-refractivity contribution in [2.45, 2.75) is 58.9 Å². The van der Waals surface area contributed by atoms with Gasteiger partial charge in [0.25, 0.3) is 10.2 Å². The molecule has 0 aromatic rings. The van der Waals surface area contributed by atoms with Gasteiger partial charge in [0.15, 0.2) is 0 Å². The Balaban J connectivity index is 2.54. The summed E-state index contributed by atoms with van der Waals surface area (Å²) in [5.41, 5.74) is -0.0546. The largest absolute Gasteiger partial charge is 0.279 e. The van der Waals surface area contributed by atoms with Crippen molar-refractivity contribution in [1.29, 1.82) is 0 Å². The fourth-order valence-electron chi connectivity index (χ4n) is 2.43. The lowest BCUT2D eigenvalue weighted by atomic mass is 9.88. The number of hydrogen-bond acceptors (Lipinski definition) is 2. The van der Waals surface area contributed by atoms with E-state index >= 15 is 0 Å². The van der Waals surface area contributed by atoms with E-state index in [4.69, 9.17) is 11.6 Å². The standard InChI is InChI=1S/C13H27ClN2O2S/c1-12-7-4-5-10-16(12)19(17,18)15-11-13(2,3)8-6-9-14/h12,15H,4-11H2,1-3H3. The molecule has 0 bridgehead atoms. The summed E-state index contributed by atoms with van der Waals surface area (Å²) < 4.78 is 29.0. The summed E-state index contributed by atoms with van der Waals surface area (Å²) in [6, 6.07) is 0.109. The van der Waals surface area contributed by atoms with E-state index in [9.17, 15) is 8.42 Å². The second-order valence-corrected chi connectivity index (χ2v) is 8.32. The van der Waals surface area contributed by atoms with Crippen molar-refractivity contribution in [3.8, 4) is 0 Å². The molecular weight excluding hydrogens is 284 g/mol. The topological polar surface area (TPSA) is 49.4 Å². The van der Waals surface area contributed by atoms with Gasteiger partial charge < -0.3 is 0 Å². The zero-order valence-electron chi connectivity index (χ0n) is 12.3. The molecule has 19 heavy (non-hydrogen) atoms. The highest BCUT2D eigenvalue weighted by molar-refractivity contribution is 7.87. The van der Waals surface area contributed by atoms with Crippen molar-refractivity contribution in [3.63, 3.8) is 0 Å². The number of piperidine rings is 1. The average molecular weight is 311 g/mol. The fourth-order valence-corrected chi connectivity index (χ4v) is 4.25. The average Bonchev–Trinajstić information content (AvgIpc) is 2.35. The molecule has 0 radical (unpaired) electrons. The van der Waals surface area contributed by atoms with E-state index in [1.807, 2.05) is 6.92 Å². The maximum absolute atomic E-state index is 12.3. The van der Waals surface area contributed by atoms with Gasteiger partial charge in [-0.15, -0.1) is 11.6 Å². The normalized spacial score (nSPS) is 22.6. The van der Waals surface area contributed by atoms with Crippen LogP contribution in [0.15, 0.2) is 0 Å². The fraction of sp³-hybridized carbons (Fsp3) is 1.00. The number of nitrogens with zero attached hydrogens (tertiary/aromatic N) is 1. The molecule has 6 heteroatoms. The number of alkyl halides is 1. The SMILES string of the molecule is CC1CCCCN1S(=O)(=O)NCC(C)(C)CCCCl. The molecule has 114 valence electrons. The van der Waals surface area contributed by atoms with Gasteiger partial charge in [-0.05, 0) is 38.0 Å². The van der Waals surface area contributed by atoms with Gasteiger partial charge in [-0.1, -0.05) is 20.3 Å². The minimum atomic E-state index is -3.34. The number of hydrogen-bond donors (Lipinski definition) is 1. The van der Waals surface area contributed by atoms with E-state index in [1.165, 1.54) is 0 Å². The first-order valence-electron chi connectivity index (χ1n) is 7.11. The lowest BCUT2D eigenvalue weighted by Gasteiger charge is -2.33.